The number of aromatic carboxylic acids is 1. The van der Waals surface area contributed by atoms with Gasteiger partial charge in [-0.2, -0.15) is 0 Å². The Balaban J connectivity index is 1.47. The molecule has 1 heterocycles. The number of hydrogen-bond acceptors (Lipinski definition) is 10. The van der Waals surface area contributed by atoms with Crippen molar-refractivity contribution in [2.75, 3.05) is 42.8 Å². The van der Waals surface area contributed by atoms with E-state index in [0.29, 0.717) is 19.5 Å². The minimum absolute atomic E-state index is 0.0171. The molecule has 0 saturated heterocycles. The lowest BCUT2D eigenvalue weighted by molar-refractivity contribution is 0.00965. The second-order valence-corrected chi connectivity index (χ2v) is 10.4. The van der Waals surface area contributed by atoms with Crippen molar-refractivity contribution in [2.45, 2.75) is 13.0 Å². The Labute approximate surface area is 211 Å². The summed E-state index contributed by atoms with van der Waals surface area (Å²) < 4.78 is 29.8. The van der Waals surface area contributed by atoms with Crippen molar-refractivity contribution < 1.29 is 33.0 Å². The van der Waals surface area contributed by atoms with Crippen molar-refractivity contribution in [1.29, 1.82) is 0 Å². The van der Waals surface area contributed by atoms with Crippen molar-refractivity contribution in [3.05, 3.63) is 91.7 Å². The van der Waals surface area contributed by atoms with Gasteiger partial charge in [-0.05, 0) is 30.2 Å². The van der Waals surface area contributed by atoms with Crippen LogP contribution in [0.4, 0.5) is 11.4 Å². The smallest absolute Gasteiger partial charge is 0.340 e. The fraction of sp³-hybridized carbons (Fsp3) is 0.280. The van der Waals surface area contributed by atoms with E-state index in [0.717, 1.165) is 0 Å². The summed E-state index contributed by atoms with van der Waals surface area (Å²) >= 11 is 0. The van der Waals surface area contributed by atoms with E-state index in [1.807, 2.05) is 0 Å². The normalized spacial score (nSPS) is 14.8. The number of carboxylic acids is 1. The van der Waals surface area contributed by atoms with Crippen molar-refractivity contribution >= 4 is 30.9 Å². The number of benzene rings is 2. The van der Waals surface area contributed by atoms with Gasteiger partial charge in [0.1, 0.15) is 11.4 Å². The average molecular weight is 528 g/mol. The molecular formula is C25H25N2O9P. The van der Waals surface area contributed by atoms with Crippen LogP contribution in [-0.2, 0) is 25.0 Å². The van der Waals surface area contributed by atoms with E-state index < -0.39 is 37.2 Å². The van der Waals surface area contributed by atoms with E-state index in [2.05, 4.69) is 5.32 Å². The molecule has 1 aliphatic rings. The van der Waals surface area contributed by atoms with Gasteiger partial charge in [-0.15, -0.1) is 0 Å². The second kappa shape index (κ2) is 11.5. The lowest BCUT2D eigenvalue weighted by Gasteiger charge is -2.27. The molecule has 194 valence electrons. The van der Waals surface area contributed by atoms with Gasteiger partial charge in [0, 0.05) is 19.6 Å². The Kier molecular flexibility index (Phi) is 8.17. The predicted octanol–water partition coefficient (Wildman–Crippen LogP) is 2.84. The summed E-state index contributed by atoms with van der Waals surface area (Å²) in [6.07, 6.45) is 0.434. The van der Waals surface area contributed by atoms with Crippen LogP contribution in [0.2, 0.25) is 0 Å². The molecule has 11 nitrogen and oxygen atoms in total. The van der Waals surface area contributed by atoms with Gasteiger partial charge in [0.2, 0.25) is 6.79 Å². The largest absolute Gasteiger partial charge is 0.478 e. The van der Waals surface area contributed by atoms with Gasteiger partial charge in [-0.1, -0.05) is 36.4 Å². The number of anilines is 2. The number of carbonyl (C=O) groups excluding carboxylic acids is 1. The molecule has 1 unspecified atom stereocenters. The van der Waals surface area contributed by atoms with Gasteiger partial charge in [-0.25, -0.2) is 9.59 Å². The van der Waals surface area contributed by atoms with Crippen molar-refractivity contribution in [3.8, 4) is 0 Å². The maximum atomic E-state index is 13.7. The summed E-state index contributed by atoms with van der Waals surface area (Å²) in [5, 5.41) is 12.4. The van der Waals surface area contributed by atoms with Crippen molar-refractivity contribution in [1.82, 2.24) is 0 Å². The summed E-state index contributed by atoms with van der Waals surface area (Å²) in [6, 6.07) is 14.3. The highest BCUT2D eigenvalue weighted by Crippen LogP contribution is 2.49. The van der Waals surface area contributed by atoms with Gasteiger partial charge in [0.05, 0.1) is 23.9 Å². The van der Waals surface area contributed by atoms with E-state index in [-0.39, 0.29) is 47.4 Å². The minimum atomic E-state index is -3.97. The van der Waals surface area contributed by atoms with E-state index >= 15 is 0 Å². The van der Waals surface area contributed by atoms with Crippen LogP contribution in [-0.4, -0.2) is 49.6 Å². The van der Waals surface area contributed by atoms with Gasteiger partial charge in [-0.3, -0.25) is 18.7 Å². The SMILES string of the molecule is O=C(OCOP(=O)(CCN1CCCNc2c1c(=O)c2=O)OCc1ccccc1C(=O)O)c1ccccc1. The standard InChI is InChI=1S/C25H25N2O9P/c28-22-20-21(23(22)29)27(12-6-11-26-20)13-14-37(33,35-15-18-9-4-5-10-19(18)24(30)31)36-16-34-25(32)17-7-2-1-3-8-17/h1-5,7-10,26H,6,11-16H2,(H,30,31). The fourth-order valence-electron chi connectivity index (χ4n) is 3.91. The van der Waals surface area contributed by atoms with Crippen LogP contribution < -0.4 is 21.1 Å². The van der Waals surface area contributed by atoms with E-state index in [9.17, 15) is 28.8 Å². The molecule has 3 aromatic rings. The molecule has 37 heavy (non-hydrogen) atoms. The maximum Gasteiger partial charge on any atom is 0.340 e. The molecule has 0 amide bonds. The van der Waals surface area contributed by atoms with Gasteiger partial charge in [0.25, 0.3) is 10.9 Å². The highest BCUT2D eigenvalue weighted by Gasteiger charge is 2.32. The van der Waals surface area contributed by atoms with Crippen LogP contribution in [0.25, 0.3) is 0 Å². The van der Waals surface area contributed by atoms with Crippen LogP contribution in [0, 0.1) is 0 Å². The van der Waals surface area contributed by atoms with Crippen LogP contribution in [0.15, 0.2) is 64.2 Å². The van der Waals surface area contributed by atoms with Crippen LogP contribution >= 0.6 is 7.60 Å². The maximum absolute atomic E-state index is 13.7. The van der Waals surface area contributed by atoms with Gasteiger partial charge < -0.3 is 24.6 Å². The van der Waals surface area contributed by atoms with Crippen LogP contribution in [0.5, 0.6) is 0 Å². The Bertz CT molecular complexity index is 1400. The van der Waals surface area contributed by atoms with Gasteiger partial charge in [0.15, 0.2) is 0 Å². The van der Waals surface area contributed by atoms with E-state index in [1.54, 1.807) is 47.4 Å². The molecule has 0 aromatic heterocycles. The van der Waals surface area contributed by atoms with Gasteiger partial charge >= 0.3 is 19.5 Å². The Morgan fingerprint density at radius 3 is 2.49 bits per heavy atom. The zero-order valence-electron chi connectivity index (χ0n) is 19.8. The quantitative estimate of drug-likeness (QED) is 0.164. The Morgan fingerprint density at radius 1 is 1.00 bits per heavy atom. The minimum Gasteiger partial charge on any atom is -0.478 e. The number of ether oxygens (including phenoxy) is 1. The fourth-order valence-corrected chi connectivity index (χ4v) is 5.28. The number of rotatable bonds is 11. The lowest BCUT2D eigenvalue weighted by atomic mass is 10.1. The molecular weight excluding hydrogens is 503 g/mol. The molecule has 3 aromatic carbocycles. The topological polar surface area (TPSA) is 149 Å². The molecule has 2 N–H and O–H groups in total. The highest BCUT2D eigenvalue weighted by molar-refractivity contribution is 7.53. The van der Waals surface area contributed by atoms with E-state index in [1.165, 1.54) is 12.1 Å². The molecule has 0 aliphatic carbocycles. The monoisotopic (exact) mass is 528 g/mol. The molecule has 4 rings (SSSR count). The second-order valence-electron chi connectivity index (χ2n) is 8.26. The Morgan fingerprint density at radius 2 is 1.73 bits per heavy atom. The third kappa shape index (κ3) is 6.14. The van der Waals surface area contributed by atoms with Crippen molar-refractivity contribution in [2.24, 2.45) is 0 Å². The summed E-state index contributed by atoms with van der Waals surface area (Å²) in [7, 11) is -3.97. The third-order valence-corrected chi connectivity index (χ3v) is 7.63. The first-order chi connectivity index (χ1) is 17.8. The number of nitrogens with zero attached hydrogens (tertiary/aromatic N) is 1. The molecule has 0 saturated carbocycles. The summed E-state index contributed by atoms with van der Waals surface area (Å²) in [5.74, 6) is -1.85. The van der Waals surface area contributed by atoms with Crippen molar-refractivity contribution in [3.63, 3.8) is 0 Å². The third-order valence-electron chi connectivity index (χ3n) is 5.87. The molecule has 1 aliphatic heterocycles. The Hall–Kier alpha value is -3.79. The van der Waals surface area contributed by atoms with E-state index in [4.69, 9.17) is 13.8 Å². The molecule has 1 atom stereocenters. The number of carbonyl (C=O) groups is 2. The summed E-state index contributed by atoms with van der Waals surface area (Å²) in [4.78, 5) is 49.4. The summed E-state index contributed by atoms with van der Waals surface area (Å²) in [6.45, 7) is 0.0118. The first kappa shape index (κ1) is 26.3. The molecule has 0 fully saturated rings. The average Bonchev–Trinajstić information content (AvgIpc) is 3.11. The number of hydrogen-bond donors (Lipinski definition) is 2. The first-order valence-corrected chi connectivity index (χ1v) is 13.3. The zero-order chi connectivity index (χ0) is 26.4. The number of nitrogens with one attached hydrogen (secondary N) is 1. The summed E-state index contributed by atoms with van der Waals surface area (Å²) in [5.41, 5.74) is -0.182. The predicted molar refractivity (Wildman–Crippen MR) is 135 cm³/mol. The zero-order valence-corrected chi connectivity index (χ0v) is 20.6. The highest BCUT2D eigenvalue weighted by atomic mass is 31.2. The lowest BCUT2D eigenvalue weighted by Crippen LogP contribution is -2.42. The molecule has 0 spiro atoms. The number of fused-ring (bicyclic) bond motifs is 1. The molecule has 12 heteroatoms. The molecule has 0 radical (unpaired) electrons. The number of carboxylic acid groups (broad SMARTS) is 1. The first-order valence-electron chi connectivity index (χ1n) is 11.5. The van der Waals surface area contributed by atoms with Crippen LogP contribution in [0.1, 0.15) is 32.7 Å². The number of esters is 1. The van der Waals surface area contributed by atoms with Crippen LogP contribution in [0.3, 0.4) is 0 Å². The molecule has 0 bridgehead atoms.